The summed E-state index contributed by atoms with van der Waals surface area (Å²) in [5, 5.41) is 0.553. The molecule has 2 aromatic carbocycles. The van der Waals surface area contributed by atoms with Gasteiger partial charge in [-0.3, -0.25) is 19.3 Å². The fourth-order valence-electron chi connectivity index (χ4n) is 3.81. The Kier molecular flexibility index (Phi) is 7.63. The first-order chi connectivity index (χ1) is 14.5. The molecule has 0 spiro atoms. The van der Waals surface area contributed by atoms with Gasteiger partial charge in [-0.05, 0) is 55.0 Å². The van der Waals surface area contributed by atoms with Gasteiger partial charge in [0.15, 0.2) is 5.78 Å². The third-order valence-corrected chi connectivity index (χ3v) is 5.67. The van der Waals surface area contributed by atoms with Crippen LogP contribution in [-0.2, 0) is 27.2 Å². The van der Waals surface area contributed by atoms with Crippen molar-refractivity contribution in [3.63, 3.8) is 0 Å². The Morgan fingerprint density at radius 2 is 1.93 bits per heavy atom. The molecule has 6 heteroatoms. The maximum absolute atomic E-state index is 13.1. The van der Waals surface area contributed by atoms with E-state index in [0.29, 0.717) is 30.0 Å². The molecule has 2 amide bonds. The van der Waals surface area contributed by atoms with E-state index in [4.69, 9.17) is 16.3 Å². The molecular formula is C24H26ClNO4. The van der Waals surface area contributed by atoms with Crippen LogP contribution in [0.25, 0.3) is 0 Å². The number of hydrogen-bond acceptors (Lipinski definition) is 4. The number of hydrogen-bond donors (Lipinski definition) is 0. The number of Topliss-reactive ketones (excluding diaryl/α,β-unsaturated/α-hetero) is 1. The van der Waals surface area contributed by atoms with Crippen molar-refractivity contribution < 1.29 is 19.1 Å². The second kappa shape index (κ2) is 10.4. The van der Waals surface area contributed by atoms with Crippen LogP contribution < -0.4 is 4.74 Å². The topological polar surface area (TPSA) is 63.7 Å². The minimum absolute atomic E-state index is 0.0830. The van der Waals surface area contributed by atoms with Crippen molar-refractivity contribution in [3.05, 3.63) is 64.7 Å². The number of halogens is 1. The number of ether oxygens (including phenoxy) is 1. The summed E-state index contributed by atoms with van der Waals surface area (Å²) in [6.07, 6.45) is 2.71. The lowest BCUT2D eigenvalue weighted by Crippen LogP contribution is -2.42. The summed E-state index contributed by atoms with van der Waals surface area (Å²) in [5.74, 6) is -0.465. The standard InChI is InChI=1S/C24H26ClNO4/c1-30-22-13-11-20(25)15-19(22)14-18-10-12-21(27)16-26(24(18)29)23(28)9-5-8-17-6-3-2-4-7-17/h2-4,6-7,11,13,15,18H,5,8-10,12,14,16H2,1H3. The van der Waals surface area contributed by atoms with Crippen LogP contribution in [0, 0.1) is 5.92 Å². The van der Waals surface area contributed by atoms with E-state index in [1.807, 2.05) is 30.3 Å². The SMILES string of the molecule is COc1ccc(Cl)cc1CC1CCC(=O)CN(C(=O)CCCc2ccccc2)C1=O. The van der Waals surface area contributed by atoms with E-state index in [1.165, 1.54) is 0 Å². The van der Waals surface area contributed by atoms with E-state index in [2.05, 4.69) is 0 Å². The Morgan fingerprint density at radius 3 is 2.67 bits per heavy atom. The number of ketones is 1. The van der Waals surface area contributed by atoms with Crippen LogP contribution in [0.2, 0.25) is 5.02 Å². The summed E-state index contributed by atoms with van der Waals surface area (Å²) in [6.45, 7) is -0.133. The number of methoxy groups -OCH3 is 1. The molecule has 30 heavy (non-hydrogen) atoms. The highest BCUT2D eigenvalue weighted by Gasteiger charge is 2.34. The van der Waals surface area contributed by atoms with E-state index in [-0.39, 0.29) is 37.0 Å². The minimum atomic E-state index is -0.457. The smallest absolute Gasteiger partial charge is 0.233 e. The van der Waals surface area contributed by atoms with Gasteiger partial charge in [-0.1, -0.05) is 41.9 Å². The van der Waals surface area contributed by atoms with Crippen molar-refractivity contribution in [1.82, 2.24) is 4.90 Å². The first kappa shape index (κ1) is 22.0. The zero-order valence-corrected chi connectivity index (χ0v) is 17.9. The summed E-state index contributed by atoms with van der Waals surface area (Å²) >= 11 is 6.11. The highest BCUT2D eigenvalue weighted by molar-refractivity contribution is 6.30. The predicted molar refractivity (Wildman–Crippen MR) is 116 cm³/mol. The molecule has 5 nitrogen and oxygen atoms in total. The second-order valence-electron chi connectivity index (χ2n) is 7.59. The lowest BCUT2D eigenvalue weighted by molar-refractivity contribution is -0.148. The Hall–Kier alpha value is -2.66. The van der Waals surface area contributed by atoms with Crippen LogP contribution in [0.15, 0.2) is 48.5 Å². The van der Waals surface area contributed by atoms with Crippen LogP contribution in [0.4, 0.5) is 0 Å². The lowest BCUT2D eigenvalue weighted by atomic mass is 9.93. The van der Waals surface area contributed by atoms with Crippen LogP contribution in [0.5, 0.6) is 5.75 Å². The maximum Gasteiger partial charge on any atom is 0.233 e. The molecule has 0 radical (unpaired) electrons. The molecule has 1 saturated heterocycles. The van der Waals surface area contributed by atoms with Gasteiger partial charge in [-0.2, -0.15) is 0 Å². The van der Waals surface area contributed by atoms with Gasteiger partial charge in [0.25, 0.3) is 0 Å². The maximum atomic E-state index is 13.1. The number of carbonyl (C=O) groups is 3. The molecule has 2 aromatic rings. The summed E-state index contributed by atoms with van der Waals surface area (Å²) in [7, 11) is 1.56. The zero-order valence-electron chi connectivity index (χ0n) is 17.1. The van der Waals surface area contributed by atoms with E-state index in [9.17, 15) is 14.4 Å². The number of carbonyl (C=O) groups excluding carboxylic acids is 3. The van der Waals surface area contributed by atoms with Gasteiger partial charge in [-0.15, -0.1) is 0 Å². The predicted octanol–water partition coefficient (Wildman–Crippen LogP) is 4.25. The fourth-order valence-corrected chi connectivity index (χ4v) is 4.00. The van der Waals surface area contributed by atoms with Crippen molar-refractivity contribution >= 4 is 29.2 Å². The monoisotopic (exact) mass is 427 g/mol. The van der Waals surface area contributed by atoms with Gasteiger partial charge in [0.2, 0.25) is 11.8 Å². The quantitative estimate of drug-likeness (QED) is 0.662. The number of likely N-dealkylation sites (tertiary alicyclic amines) is 1. The third-order valence-electron chi connectivity index (χ3n) is 5.43. The molecule has 0 aliphatic carbocycles. The second-order valence-corrected chi connectivity index (χ2v) is 8.03. The number of rotatable bonds is 7. The van der Waals surface area contributed by atoms with Crippen LogP contribution in [0.1, 0.15) is 36.8 Å². The van der Waals surface area contributed by atoms with Gasteiger partial charge in [0.1, 0.15) is 5.75 Å². The Bertz CT molecular complexity index is 913. The highest BCUT2D eigenvalue weighted by atomic mass is 35.5. The molecule has 0 bridgehead atoms. The number of amides is 2. The molecule has 1 aliphatic heterocycles. The van der Waals surface area contributed by atoms with Crippen molar-refractivity contribution in [2.24, 2.45) is 5.92 Å². The molecule has 1 aliphatic rings. The number of aryl methyl sites for hydroxylation is 1. The van der Waals surface area contributed by atoms with Crippen molar-refractivity contribution in [2.45, 2.75) is 38.5 Å². The number of nitrogens with zero attached hydrogens (tertiary/aromatic N) is 1. The summed E-state index contributed by atoms with van der Waals surface area (Å²) in [4.78, 5) is 39.3. The van der Waals surface area contributed by atoms with Gasteiger partial charge in [0.05, 0.1) is 13.7 Å². The Balaban J connectivity index is 1.68. The lowest BCUT2D eigenvalue weighted by Gasteiger charge is -2.23. The first-order valence-corrected chi connectivity index (χ1v) is 10.6. The number of benzene rings is 2. The van der Waals surface area contributed by atoms with Gasteiger partial charge in [0, 0.05) is 23.8 Å². The van der Waals surface area contributed by atoms with Crippen molar-refractivity contribution in [2.75, 3.05) is 13.7 Å². The molecule has 0 N–H and O–H groups in total. The van der Waals surface area contributed by atoms with Crippen LogP contribution >= 0.6 is 11.6 Å². The first-order valence-electron chi connectivity index (χ1n) is 10.2. The molecule has 3 rings (SSSR count). The normalized spacial score (nSPS) is 17.0. The molecular weight excluding hydrogens is 402 g/mol. The Morgan fingerprint density at radius 1 is 1.17 bits per heavy atom. The minimum Gasteiger partial charge on any atom is -0.496 e. The summed E-state index contributed by atoms with van der Waals surface area (Å²) in [5.41, 5.74) is 1.95. The molecule has 0 saturated carbocycles. The highest BCUT2D eigenvalue weighted by Crippen LogP contribution is 2.29. The van der Waals surface area contributed by atoms with Gasteiger partial charge >= 0.3 is 0 Å². The average Bonchev–Trinajstić information content (AvgIpc) is 2.88. The Labute approximate surface area is 182 Å². The number of imide groups is 1. The largest absolute Gasteiger partial charge is 0.496 e. The van der Waals surface area contributed by atoms with E-state index in [1.54, 1.807) is 25.3 Å². The van der Waals surface area contributed by atoms with Crippen molar-refractivity contribution in [3.8, 4) is 5.75 Å². The van der Waals surface area contributed by atoms with Gasteiger partial charge in [-0.25, -0.2) is 0 Å². The summed E-state index contributed by atoms with van der Waals surface area (Å²) in [6, 6.07) is 15.2. The van der Waals surface area contributed by atoms with E-state index in [0.717, 1.165) is 22.4 Å². The fraction of sp³-hybridized carbons (Fsp3) is 0.375. The third kappa shape index (κ3) is 5.70. The average molecular weight is 428 g/mol. The molecule has 158 valence electrons. The van der Waals surface area contributed by atoms with Crippen LogP contribution in [0.3, 0.4) is 0 Å². The molecule has 1 unspecified atom stereocenters. The van der Waals surface area contributed by atoms with Gasteiger partial charge < -0.3 is 4.74 Å². The van der Waals surface area contributed by atoms with Crippen LogP contribution in [-0.4, -0.2) is 36.2 Å². The molecule has 1 atom stereocenters. The van der Waals surface area contributed by atoms with E-state index < -0.39 is 5.92 Å². The molecule has 0 aromatic heterocycles. The molecule has 1 fully saturated rings. The zero-order chi connectivity index (χ0) is 21.5. The van der Waals surface area contributed by atoms with Crippen molar-refractivity contribution in [1.29, 1.82) is 0 Å². The van der Waals surface area contributed by atoms with E-state index >= 15 is 0 Å². The summed E-state index contributed by atoms with van der Waals surface area (Å²) < 4.78 is 5.38. The molecule has 1 heterocycles.